The predicted molar refractivity (Wildman–Crippen MR) is 90.5 cm³/mol. The molecule has 0 aliphatic heterocycles. The van der Waals surface area contributed by atoms with E-state index in [1.807, 2.05) is 13.8 Å². The Morgan fingerprint density at radius 1 is 1.04 bits per heavy atom. The molecule has 2 heterocycles. The van der Waals surface area contributed by atoms with Gasteiger partial charge in [-0.25, -0.2) is 9.97 Å². The maximum atomic E-state index is 12.4. The van der Waals surface area contributed by atoms with Crippen LogP contribution in [0.3, 0.4) is 0 Å². The van der Waals surface area contributed by atoms with Crippen LogP contribution < -0.4 is 0 Å². The van der Waals surface area contributed by atoms with Gasteiger partial charge >= 0.3 is 5.51 Å². The Balaban J connectivity index is 0.00000100. The van der Waals surface area contributed by atoms with E-state index < -0.39 is 5.51 Å². The monoisotopic (exact) mass is 394 g/mol. The third kappa shape index (κ3) is 4.55. The zero-order valence-corrected chi connectivity index (χ0v) is 14.8. The van der Waals surface area contributed by atoms with Gasteiger partial charge in [0.2, 0.25) is 5.89 Å². The summed E-state index contributed by atoms with van der Waals surface area (Å²) in [6.07, 6.45) is 0. The molecule has 24 heavy (non-hydrogen) atoms. The summed E-state index contributed by atoms with van der Waals surface area (Å²) in [6, 6.07) is 7.06. The van der Waals surface area contributed by atoms with Crippen LogP contribution in [0.25, 0.3) is 22.7 Å². The summed E-state index contributed by atoms with van der Waals surface area (Å²) in [5.74, 6) is 0.0941. The number of rotatable bonds is 2. The van der Waals surface area contributed by atoms with Crippen LogP contribution in [0.5, 0.6) is 0 Å². The van der Waals surface area contributed by atoms with Crippen molar-refractivity contribution in [2.45, 2.75) is 24.3 Å². The van der Waals surface area contributed by atoms with Crippen molar-refractivity contribution in [2.24, 2.45) is 0 Å². The van der Waals surface area contributed by atoms with Gasteiger partial charge in [-0.2, -0.15) is 13.2 Å². The lowest BCUT2D eigenvalue weighted by Crippen LogP contribution is -1.98. The number of alkyl halides is 3. The molecule has 3 aromatic rings. The maximum absolute atomic E-state index is 12.4. The molecule has 0 N–H and O–H groups in total. The van der Waals surface area contributed by atoms with Crippen molar-refractivity contribution in [3.05, 3.63) is 40.5 Å². The van der Waals surface area contributed by atoms with Gasteiger partial charge in [-0.1, -0.05) is 37.0 Å². The summed E-state index contributed by atoms with van der Waals surface area (Å²) in [5, 5.41) is 0.482. The number of benzene rings is 1. The molecule has 9 heteroatoms. The number of oxazole rings is 1. The molecule has 128 valence electrons. The lowest BCUT2D eigenvalue weighted by molar-refractivity contribution is -0.0328. The molecule has 1 aromatic carbocycles. The molecule has 0 radical (unpaired) electrons. The van der Waals surface area contributed by atoms with Crippen LogP contribution in [0.1, 0.15) is 13.8 Å². The first-order valence-corrected chi connectivity index (χ1v) is 8.38. The molecule has 2 aromatic heterocycles. The second-order valence-electron chi connectivity index (χ2n) is 4.16. The first-order chi connectivity index (χ1) is 11.3. The van der Waals surface area contributed by atoms with Gasteiger partial charge in [0.25, 0.3) is 0 Å². The summed E-state index contributed by atoms with van der Waals surface area (Å²) in [7, 11) is 0. The minimum atomic E-state index is -4.36. The normalized spacial score (nSPS) is 11.3. The summed E-state index contributed by atoms with van der Waals surface area (Å²) in [6.45, 7) is 4.00. The molecule has 0 unspecified atom stereocenters. The highest BCUT2D eigenvalue weighted by Gasteiger charge is 2.29. The van der Waals surface area contributed by atoms with Crippen molar-refractivity contribution < 1.29 is 17.6 Å². The first-order valence-electron chi connectivity index (χ1n) is 6.80. The molecular weight excluding hydrogens is 384 g/mol. The third-order valence-corrected chi connectivity index (χ3v) is 3.84. The Kier molecular flexibility index (Phi) is 6.01. The Labute approximate surface area is 150 Å². The molecule has 0 atom stereocenters. The van der Waals surface area contributed by atoms with Crippen molar-refractivity contribution in [3.8, 4) is 11.6 Å². The Morgan fingerprint density at radius 3 is 2.42 bits per heavy atom. The molecule has 0 fully saturated rings. The molecule has 0 aliphatic rings. The van der Waals surface area contributed by atoms with Crippen molar-refractivity contribution in [1.82, 2.24) is 9.97 Å². The van der Waals surface area contributed by atoms with Crippen LogP contribution >= 0.6 is 35.0 Å². The van der Waals surface area contributed by atoms with Crippen LogP contribution in [-0.2, 0) is 0 Å². The van der Waals surface area contributed by atoms with Gasteiger partial charge in [0.15, 0.2) is 5.58 Å². The van der Waals surface area contributed by atoms with Gasteiger partial charge < -0.3 is 4.42 Å². The average Bonchev–Trinajstić information content (AvgIpc) is 2.93. The zero-order chi connectivity index (χ0) is 17.9. The fourth-order valence-electron chi connectivity index (χ4n) is 1.77. The fourth-order valence-corrected chi connectivity index (χ4v) is 2.68. The highest BCUT2D eigenvalue weighted by molar-refractivity contribution is 8.00. The van der Waals surface area contributed by atoms with Gasteiger partial charge in [-0.05, 0) is 42.1 Å². The van der Waals surface area contributed by atoms with Crippen molar-refractivity contribution in [3.63, 3.8) is 0 Å². The molecule has 0 saturated carbocycles. The number of fused-ring (bicyclic) bond motifs is 1. The van der Waals surface area contributed by atoms with Gasteiger partial charge in [0.05, 0.1) is 5.02 Å². The number of aromatic nitrogens is 2. The van der Waals surface area contributed by atoms with Crippen LogP contribution in [0, 0.1) is 0 Å². The van der Waals surface area contributed by atoms with Gasteiger partial charge in [0, 0.05) is 4.90 Å². The van der Waals surface area contributed by atoms with E-state index in [-0.39, 0.29) is 43.9 Å². The Bertz CT molecular complexity index is 852. The largest absolute Gasteiger partial charge is 0.446 e. The van der Waals surface area contributed by atoms with Crippen molar-refractivity contribution >= 4 is 46.1 Å². The third-order valence-electron chi connectivity index (χ3n) is 2.61. The highest BCUT2D eigenvalue weighted by Crippen LogP contribution is 2.38. The van der Waals surface area contributed by atoms with E-state index in [4.69, 9.17) is 27.6 Å². The van der Waals surface area contributed by atoms with E-state index in [1.165, 1.54) is 30.3 Å². The Hall–Kier alpha value is -1.44. The second-order valence-corrected chi connectivity index (χ2v) is 6.09. The van der Waals surface area contributed by atoms with E-state index in [0.29, 0.717) is 5.58 Å². The van der Waals surface area contributed by atoms with Gasteiger partial charge in [-0.15, -0.1) is 0 Å². The Morgan fingerprint density at radius 2 is 1.75 bits per heavy atom. The van der Waals surface area contributed by atoms with Crippen molar-refractivity contribution in [1.29, 1.82) is 0 Å². The van der Waals surface area contributed by atoms with Crippen molar-refractivity contribution in [2.75, 3.05) is 0 Å². The molecule has 3 nitrogen and oxygen atoms in total. The summed E-state index contributed by atoms with van der Waals surface area (Å²) in [5.41, 5.74) is -3.52. The summed E-state index contributed by atoms with van der Waals surface area (Å²) >= 11 is 11.6. The average molecular weight is 395 g/mol. The number of pyridine rings is 1. The van der Waals surface area contributed by atoms with E-state index in [0.717, 1.165) is 0 Å². The van der Waals surface area contributed by atoms with Gasteiger partial charge in [0.1, 0.15) is 16.4 Å². The molecule has 0 spiro atoms. The van der Waals surface area contributed by atoms with Gasteiger partial charge in [-0.3, -0.25) is 0 Å². The number of nitrogens with zero attached hydrogens (tertiary/aromatic N) is 2. The lowest BCUT2D eigenvalue weighted by atomic mass is 10.3. The minimum Gasteiger partial charge on any atom is -0.435 e. The first kappa shape index (κ1) is 18.9. The molecule has 3 rings (SSSR count). The van der Waals surface area contributed by atoms with E-state index in [9.17, 15) is 13.2 Å². The molecule has 0 amide bonds. The molecular formula is C15H11Cl2F3N2OS. The lowest BCUT2D eigenvalue weighted by Gasteiger charge is -2.04. The standard InChI is InChI=1S/C13H5Cl2F3N2OS.C2H6/c14-7-2-4-10(15)20-11(7)12-19-8-5-6(22-13(16,17)18)1-3-9(8)21-12;1-2/h1-5H;1-2H3. The number of thioether (sulfide) groups is 1. The van der Waals surface area contributed by atoms with E-state index >= 15 is 0 Å². The number of hydrogen-bond acceptors (Lipinski definition) is 4. The fraction of sp³-hybridized carbons (Fsp3) is 0.200. The van der Waals surface area contributed by atoms with Crippen LogP contribution in [0.4, 0.5) is 13.2 Å². The number of halogens is 5. The SMILES string of the molecule is CC.FC(F)(F)Sc1ccc2oc(-c3nc(Cl)ccc3Cl)nc2c1. The summed E-state index contributed by atoms with van der Waals surface area (Å²) < 4.78 is 42.6. The zero-order valence-electron chi connectivity index (χ0n) is 12.5. The second kappa shape index (κ2) is 7.63. The maximum Gasteiger partial charge on any atom is 0.446 e. The van der Waals surface area contributed by atoms with Crippen LogP contribution in [0.2, 0.25) is 10.2 Å². The molecule has 0 bridgehead atoms. The highest BCUT2D eigenvalue weighted by atomic mass is 35.5. The smallest absolute Gasteiger partial charge is 0.435 e. The number of hydrogen-bond donors (Lipinski definition) is 0. The van der Waals surface area contributed by atoms with Crippen LogP contribution in [0.15, 0.2) is 39.6 Å². The van der Waals surface area contributed by atoms with E-state index in [2.05, 4.69) is 9.97 Å². The van der Waals surface area contributed by atoms with Crippen LogP contribution in [-0.4, -0.2) is 15.5 Å². The quantitative estimate of drug-likeness (QED) is 0.352. The topological polar surface area (TPSA) is 38.9 Å². The molecule has 0 saturated heterocycles. The van der Waals surface area contributed by atoms with E-state index in [1.54, 1.807) is 0 Å². The predicted octanol–water partition coefficient (Wildman–Crippen LogP) is 6.83. The minimum absolute atomic E-state index is 0.0185. The molecule has 0 aliphatic carbocycles. The summed E-state index contributed by atoms with van der Waals surface area (Å²) in [4.78, 5) is 8.15.